The van der Waals surface area contributed by atoms with Crippen LogP contribution in [0.4, 0.5) is 17.5 Å². The van der Waals surface area contributed by atoms with Crippen LogP contribution in [0.25, 0.3) is 83.4 Å². The highest BCUT2D eigenvalue weighted by Crippen LogP contribution is 2.43. The number of ether oxygens (including phenoxy) is 2. The van der Waals surface area contributed by atoms with E-state index in [1.165, 1.54) is 37.2 Å². The van der Waals surface area contributed by atoms with Crippen LogP contribution in [0.15, 0.2) is 159 Å². The maximum absolute atomic E-state index is 12.9. The van der Waals surface area contributed by atoms with Crippen molar-refractivity contribution in [3.05, 3.63) is 198 Å². The Balaban J connectivity index is 0.000000124. The second kappa shape index (κ2) is 28.9. The van der Waals surface area contributed by atoms with Crippen LogP contribution >= 0.6 is 0 Å². The molecule has 0 atom stereocenters. The zero-order valence-electron chi connectivity index (χ0n) is 57.4. The van der Waals surface area contributed by atoms with E-state index in [0.29, 0.717) is 54.1 Å². The first-order valence-electron chi connectivity index (χ1n) is 35.4. The fourth-order valence-corrected chi connectivity index (χ4v) is 15.6. The van der Waals surface area contributed by atoms with E-state index >= 15 is 0 Å². The Morgan fingerprint density at radius 2 is 0.902 bits per heavy atom. The van der Waals surface area contributed by atoms with E-state index in [2.05, 4.69) is 120 Å². The second-order valence-electron chi connectivity index (χ2n) is 27.5. The van der Waals surface area contributed by atoms with Gasteiger partial charge in [0.05, 0.1) is 30.1 Å². The van der Waals surface area contributed by atoms with Gasteiger partial charge < -0.3 is 41.6 Å². The predicted octanol–water partition coefficient (Wildman–Crippen LogP) is 14.5. The Kier molecular flexibility index (Phi) is 18.8. The number of H-pyrrole nitrogens is 3. The molecule has 518 valence electrons. The van der Waals surface area contributed by atoms with Crippen LogP contribution in [0.5, 0.6) is 0 Å². The van der Waals surface area contributed by atoms with Crippen LogP contribution in [0.3, 0.4) is 0 Å². The zero-order valence-corrected chi connectivity index (χ0v) is 57.4. The summed E-state index contributed by atoms with van der Waals surface area (Å²) in [7, 11) is 1.45. The summed E-state index contributed by atoms with van der Waals surface area (Å²) in [6.45, 7) is 4.51. The number of hydrogen-bond acceptors (Lipinski definition) is 17. The molecule has 102 heavy (non-hydrogen) atoms. The fraction of sp³-hybridized carbons (Fsp3) is 0.316. The molecule has 0 aliphatic heterocycles. The first-order chi connectivity index (χ1) is 49.8. The van der Waals surface area contributed by atoms with Gasteiger partial charge in [-0.25, -0.2) is 43.5 Å². The quantitative estimate of drug-likeness (QED) is 0.0519. The first kappa shape index (κ1) is 66.3. The molecule has 23 heteroatoms. The van der Waals surface area contributed by atoms with Crippen molar-refractivity contribution in [1.82, 2.24) is 73.7 Å². The first-order valence-corrected chi connectivity index (χ1v) is 35.4. The van der Waals surface area contributed by atoms with Crippen LogP contribution < -0.4 is 17.2 Å². The van der Waals surface area contributed by atoms with Crippen molar-refractivity contribution < 1.29 is 23.9 Å². The van der Waals surface area contributed by atoms with Gasteiger partial charge in [0.2, 0.25) is 0 Å². The molecule has 3 aliphatic rings. The summed E-state index contributed by atoms with van der Waals surface area (Å²) in [5.74, 6) is 5.30. The van der Waals surface area contributed by atoms with Gasteiger partial charge in [-0.3, -0.25) is 14.4 Å². The van der Waals surface area contributed by atoms with Crippen molar-refractivity contribution in [2.24, 2.45) is 17.8 Å². The number of carbonyl (C=O) groups excluding carboxylic acids is 3. The normalized spacial score (nSPS) is 18.5. The Labute approximate surface area is 588 Å². The number of anilines is 3. The Bertz CT molecular complexity index is 5320. The van der Waals surface area contributed by atoms with E-state index in [1.54, 1.807) is 0 Å². The molecule has 17 rings (SSSR count). The van der Waals surface area contributed by atoms with Crippen LogP contribution in [0, 0.1) is 31.6 Å². The topological polar surface area (TPSA) is 324 Å². The van der Waals surface area contributed by atoms with Gasteiger partial charge in [0.1, 0.15) is 82.5 Å². The number of imidazole rings is 3. The van der Waals surface area contributed by atoms with Gasteiger partial charge in [-0.15, -0.1) is 0 Å². The van der Waals surface area contributed by atoms with E-state index in [-0.39, 0.29) is 41.5 Å². The smallest absolute Gasteiger partial charge is 0.308 e. The number of nitrogen functional groups attached to an aromatic ring is 3. The minimum Gasteiger partial charge on any atom is -0.469 e. The average Bonchev–Trinajstić information content (AvgIpc) is 1.61. The number of rotatable bonds is 15. The van der Waals surface area contributed by atoms with E-state index in [9.17, 15) is 14.4 Å². The zero-order chi connectivity index (χ0) is 70.0. The highest BCUT2D eigenvalue weighted by molar-refractivity contribution is 5.95. The van der Waals surface area contributed by atoms with Crippen LogP contribution in [-0.4, -0.2) is 98.5 Å². The Morgan fingerprint density at radius 1 is 0.480 bits per heavy atom. The highest BCUT2D eigenvalue weighted by Gasteiger charge is 2.35. The van der Waals surface area contributed by atoms with Gasteiger partial charge in [-0.1, -0.05) is 115 Å². The number of methoxy groups -OCH3 is 1. The third kappa shape index (κ3) is 13.5. The van der Waals surface area contributed by atoms with E-state index in [1.807, 2.05) is 92.4 Å². The summed E-state index contributed by atoms with van der Waals surface area (Å²) < 4.78 is 15.9. The number of benzene rings is 5. The molecule has 0 bridgehead atoms. The van der Waals surface area contributed by atoms with Crippen LogP contribution in [-0.2, 0) is 36.9 Å². The summed E-state index contributed by atoms with van der Waals surface area (Å²) in [5.41, 5.74) is 33.8. The summed E-state index contributed by atoms with van der Waals surface area (Å²) in [4.78, 5) is 75.4. The molecule has 9 N–H and O–H groups in total. The Hall–Kier alpha value is -11.6. The number of aromatic amines is 3. The van der Waals surface area contributed by atoms with Gasteiger partial charge >= 0.3 is 11.9 Å². The minimum atomic E-state index is -0.125. The number of hydrogen-bond donors (Lipinski definition) is 6. The summed E-state index contributed by atoms with van der Waals surface area (Å²) in [6, 6.07) is 46.7. The SMILES string of the molecule is COC(=O)C1CCC(c2nc(-c3cc4cccc(C)c4[nH]3)c3c(N)ncnn23)CC1.Cc1cccc2cc(-c3nc(C4CCC(C(=O)Cc5ccccc5)CC4)n4ncnc(N)c34)[nH]c12.Nc1ncnn2c(C3CCC(CCC(=O)OCc4ccccc4)CC3)nc(-c3cc4ccccc4[nH]3)c12. The number of para-hydroxylation sites is 3. The van der Waals surface area contributed by atoms with Crippen molar-refractivity contribution in [2.45, 2.75) is 135 Å². The lowest BCUT2D eigenvalue weighted by molar-refractivity contribution is -0.147. The van der Waals surface area contributed by atoms with Crippen molar-refractivity contribution in [2.75, 3.05) is 24.3 Å². The third-order valence-corrected chi connectivity index (χ3v) is 21.1. The molecule has 9 heterocycles. The largest absolute Gasteiger partial charge is 0.469 e. The van der Waals surface area contributed by atoms with Crippen molar-refractivity contribution in [3.63, 3.8) is 0 Å². The number of aromatic nitrogens is 15. The number of nitrogens with two attached hydrogens (primary N) is 3. The number of ketones is 1. The molecule has 0 radical (unpaired) electrons. The molecule has 3 fully saturated rings. The number of nitrogens with one attached hydrogen (secondary N) is 3. The van der Waals surface area contributed by atoms with E-state index in [4.69, 9.17) is 41.6 Å². The van der Waals surface area contributed by atoms with Crippen LogP contribution in [0.1, 0.15) is 147 Å². The summed E-state index contributed by atoms with van der Waals surface area (Å²) >= 11 is 0. The standard InChI is InChI=1S/C29H30N6O2.C28H28N6O.C22H24N6O2/c30-28-27-26(24-16-22-8-4-5-9-23(22)33-24)34-29(35(27)32-18-31-28)21-13-10-19(11-14-21)12-15-25(36)37-17-20-6-2-1-3-7-20;1-17-6-5-9-21-15-22(32-24(17)21)25-26-27(29)30-16-31-34(26)28(33-25)20-12-10-19(11-13-20)23(35)14-18-7-3-2-4-8-18;1-12-4-3-5-15-10-16(26-17(12)15)18-19-20(23)24-11-25-28(19)21(27-18)13-6-8-14(9-7-13)22(29)30-2/h1-9,16,18-19,21,33H,10-15,17H2,(H2,30,31,32);2-9,15-16,19-20,32H,10-14H2,1H3,(H2,29,30,31);3-5,10-11,13-14,26H,6-9H2,1-2H3,(H2,23,24,25). The molecule has 0 saturated heterocycles. The maximum atomic E-state index is 12.9. The molecule has 0 unspecified atom stereocenters. The number of nitrogens with zero attached hydrogens (tertiary/aromatic N) is 12. The van der Waals surface area contributed by atoms with Gasteiger partial charge in [0.15, 0.2) is 17.5 Å². The second-order valence-corrected chi connectivity index (χ2v) is 27.5. The molecule has 0 spiro atoms. The number of fused-ring (bicyclic) bond motifs is 6. The number of aryl methyl sites for hydroxylation is 2. The number of esters is 2. The lowest BCUT2D eigenvalue weighted by atomic mass is 9.78. The lowest BCUT2D eigenvalue weighted by Crippen LogP contribution is -2.23. The molecule has 23 nitrogen and oxygen atoms in total. The maximum Gasteiger partial charge on any atom is 0.308 e. The Morgan fingerprint density at radius 3 is 1.37 bits per heavy atom. The molecule has 3 aliphatic carbocycles. The molecule has 5 aromatic carbocycles. The van der Waals surface area contributed by atoms with Crippen molar-refractivity contribution in [1.29, 1.82) is 0 Å². The summed E-state index contributed by atoms with van der Waals surface area (Å²) in [6.07, 6.45) is 17.2. The predicted molar refractivity (Wildman–Crippen MR) is 394 cm³/mol. The van der Waals surface area contributed by atoms with Crippen molar-refractivity contribution in [3.8, 4) is 34.2 Å². The molecule has 0 amide bonds. The van der Waals surface area contributed by atoms with Gasteiger partial charge in [0, 0.05) is 69.2 Å². The molecule has 3 saturated carbocycles. The average molecular weight is 1360 g/mol. The number of Topliss-reactive ketones (excluding diaryl/α,β-unsaturated/α-hetero) is 1. The number of carbonyl (C=O) groups is 3. The molecular weight excluding hydrogens is 1280 g/mol. The molecule has 9 aromatic heterocycles. The van der Waals surface area contributed by atoms with Crippen LogP contribution in [0.2, 0.25) is 0 Å². The van der Waals surface area contributed by atoms with Gasteiger partial charge in [-0.05, 0) is 150 Å². The highest BCUT2D eigenvalue weighted by atomic mass is 16.5. The van der Waals surface area contributed by atoms with Crippen molar-refractivity contribution >= 4 is 84.4 Å². The molecular formula is C79H82N18O5. The van der Waals surface area contributed by atoms with E-state index < -0.39 is 0 Å². The van der Waals surface area contributed by atoms with Gasteiger partial charge in [-0.2, -0.15) is 15.3 Å². The molecule has 14 aromatic rings. The fourth-order valence-electron chi connectivity index (χ4n) is 15.6. The monoisotopic (exact) mass is 1360 g/mol. The minimum absolute atomic E-state index is 0.0340. The summed E-state index contributed by atoms with van der Waals surface area (Å²) in [5, 5.41) is 16.9. The van der Waals surface area contributed by atoms with E-state index in [0.717, 1.165) is 190 Å². The lowest BCUT2D eigenvalue weighted by Gasteiger charge is -2.27. The van der Waals surface area contributed by atoms with Gasteiger partial charge in [0.25, 0.3) is 0 Å². The third-order valence-electron chi connectivity index (χ3n) is 21.1.